The first-order valence-electron chi connectivity index (χ1n) is 6.80. The van der Waals surface area contributed by atoms with Crippen LogP contribution in [0.3, 0.4) is 0 Å². The van der Waals surface area contributed by atoms with Crippen molar-refractivity contribution in [3.05, 3.63) is 36.9 Å². The van der Waals surface area contributed by atoms with Crippen molar-refractivity contribution >= 4 is 0 Å². The van der Waals surface area contributed by atoms with Crippen LogP contribution in [0.25, 0.3) is 0 Å². The molecule has 0 bridgehead atoms. The summed E-state index contributed by atoms with van der Waals surface area (Å²) in [4.78, 5) is 3.96. The van der Waals surface area contributed by atoms with Crippen LogP contribution in [0.4, 0.5) is 0 Å². The molecule has 1 aliphatic heterocycles. The number of aromatic nitrogens is 3. The Balaban J connectivity index is 1.85. The Kier molecular flexibility index (Phi) is 2.92. The summed E-state index contributed by atoms with van der Waals surface area (Å²) in [6, 6.07) is 7.80. The lowest BCUT2D eigenvalue weighted by Crippen LogP contribution is -2.51. The summed E-state index contributed by atoms with van der Waals surface area (Å²) in [6.07, 6.45) is 3.95. The van der Waals surface area contributed by atoms with Gasteiger partial charge in [-0.1, -0.05) is 32.9 Å². The molecule has 0 unspecified atom stereocenters. The number of para-hydroxylation sites is 2. The maximum Gasteiger partial charge on any atom is 0.258 e. The van der Waals surface area contributed by atoms with E-state index in [0.29, 0.717) is 13.0 Å². The van der Waals surface area contributed by atoms with Crippen LogP contribution in [0.15, 0.2) is 36.9 Å². The van der Waals surface area contributed by atoms with Crippen LogP contribution in [0.5, 0.6) is 11.5 Å². The van der Waals surface area contributed by atoms with Crippen molar-refractivity contribution in [3.63, 3.8) is 0 Å². The van der Waals surface area contributed by atoms with Gasteiger partial charge in [0.2, 0.25) is 0 Å². The fourth-order valence-electron chi connectivity index (χ4n) is 2.39. The second kappa shape index (κ2) is 4.51. The van der Waals surface area contributed by atoms with Crippen molar-refractivity contribution in [2.24, 2.45) is 5.41 Å². The van der Waals surface area contributed by atoms with Crippen LogP contribution in [0.1, 0.15) is 27.2 Å². The second-order valence-corrected chi connectivity index (χ2v) is 6.06. The fourth-order valence-corrected chi connectivity index (χ4v) is 2.39. The summed E-state index contributed by atoms with van der Waals surface area (Å²) in [5.41, 5.74) is -0.160. The number of nitrogens with zero attached hydrogens (tertiary/aromatic N) is 3. The monoisotopic (exact) mass is 273 g/mol. The minimum absolute atomic E-state index is 0.160. The fraction of sp³-hybridized carbons (Fsp3) is 0.467. The molecule has 5 heteroatoms. The lowest BCUT2D eigenvalue weighted by atomic mass is 9.83. The van der Waals surface area contributed by atoms with Crippen LogP contribution >= 0.6 is 0 Å². The van der Waals surface area contributed by atoms with Crippen LogP contribution in [-0.2, 0) is 6.54 Å². The third-order valence-corrected chi connectivity index (χ3v) is 3.68. The van der Waals surface area contributed by atoms with E-state index >= 15 is 0 Å². The molecule has 5 nitrogen and oxygen atoms in total. The molecule has 1 aromatic heterocycles. The SMILES string of the molecule is CC(C)(C)C1(CCn2cncn2)Oc2ccccc2O1. The smallest absolute Gasteiger partial charge is 0.258 e. The first-order chi connectivity index (χ1) is 9.50. The number of rotatable bonds is 3. The van der Waals surface area contributed by atoms with E-state index in [1.54, 1.807) is 11.0 Å². The predicted molar refractivity (Wildman–Crippen MR) is 74.5 cm³/mol. The van der Waals surface area contributed by atoms with Crippen LogP contribution in [-0.4, -0.2) is 20.6 Å². The Morgan fingerprint density at radius 2 is 1.80 bits per heavy atom. The summed E-state index contributed by atoms with van der Waals surface area (Å²) in [7, 11) is 0. The van der Waals surface area contributed by atoms with Crippen molar-refractivity contribution < 1.29 is 9.47 Å². The minimum atomic E-state index is -0.678. The number of ether oxygens (including phenoxy) is 2. The van der Waals surface area contributed by atoms with Gasteiger partial charge in [-0.05, 0) is 12.1 Å². The second-order valence-electron chi connectivity index (χ2n) is 6.06. The predicted octanol–water partition coefficient (Wildman–Crippen LogP) is 2.88. The molecule has 0 saturated heterocycles. The molecule has 0 saturated carbocycles. The van der Waals surface area contributed by atoms with Crippen molar-refractivity contribution in [2.45, 2.75) is 39.5 Å². The molecular formula is C15H19N3O2. The Morgan fingerprint density at radius 1 is 1.15 bits per heavy atom. The van der Waals surface area contributed by atoms with Gasteiger partial charge < -0.3 is 9.47 Å². The van der Waals surface area contributed by atoms with Gasteiger partial charge in [0.1, 0.15) is 12.7 Å². The van der Waals surface area contributed by atoms with E-state index in [1.807, 2.05) is 24.3 Å². The zero-order valence-corrected chi connectivity index (χ0v) is 12.0. The molecule has 1 aliphatic rings. The van der Waals surface area contributed by atoms with Crippen LogP contribution < -0.4 is 9.47 Å². The summed E-state index contributed by atoms with van der Waals surface area (Å²) >= 11 is 0. The molecule has 0 spiro atoms. The van der Waals surface area contributed by atoms with E-state index in [-0.39, 0.29) is 5.41 Å². The number of hydrogen-bond donors (Lipinski definition) is 0. The van der Waals surface area contributed by atoms with Gasteiger partial charge in [0.15, 0.2) is 11.5 Å². The third kappa shape index (κ3) is 2.13. The molecule has 0 radical (unpaired) electrons. The molecule has 0 aliphatic carbocycles. The zero-order valence-electron chi connectivity index (χ0n) is 12.0. The number of hydrogen-bond acceptors (Lipinski definition) is 4. The maximum absolute atomic E-state index is 6.17. The molecule has 1 aromatic carbocycles. The molecule has 0 amide bonds. The highest BCUT2D eigenvalue weighted by Crippen LogP contribution is 2.48. The highest BCUT2D eigenvalue weighted by Gasteiger charge is 2.51. The Hall–Kier alpha value is -2.04. The molecule has 0 fully saturated rings. The molecule has 0 atom stereocenters. The van der Waals surface area contributed by atoms with Gasteiger partial charge in [0.05, 0.1) is 6.54 Å². The van der Waals surface area contributed by atoms with Crippen LogP contribution in [0.2, 0.25) is 0 Å². The van der Waals surface area contributed by atoms with Gasteiger partial charge in [-0.3, -0.25) is 4.68 Å². The molecule has 2 heterocycles. The molecule has 106 valence electrons. The van der Waals surface area contributed by atoms with E-state index in [4.69, 9.17) is 9.47 Å². The molecule has 2 aromatic rings. The Morgan fingerprint density at radius 3 is 2.30 bits per heavy atom. The largest absolute Gasteiger partial charge is 0.448 e. The first kappa shape index (κ1) is 13.0. The Bertz CT molecular complexity index is 562. The van der Waals surface area contributed by atoms with Crippen molar-refractivity contribution in [1.29, 1.82) is 0 Å². The van der Waals surface area contributed by atoms with Crippen molar-refractivity contribution in [3.8, 4) is 11.5 Å². The molecule has 3 rings (SSSR count). The summed E-state index contributed by atoms with van der Waals surface area (Å²) in [6.45, 7) is 7.08. The Labute approximate surface area is 118 Å². The topological polar surface area (TPSA) is 49.2 Å². The van der Waals surface area contributed by atoms with Crippen LogP contribution in [0, 0.1) is 5.41 Å². The lowest BCUT2D eigenvalue weighted by molar-refractivity contribution is -0.165. The molecular weight excluding hydrogens is 254 g/mol. The highest BCUT2D eigenvalue weighted by atomic mass is 16.7. The van der Waals surface area contributed by atoms with E-state index < -0.39 is 5.79 Å². The van der Waals surface area contributed by atoms with Gasteiger partial charge >= 0.3 is 0 Å². The highest BCUT2D eigenvalue weighted by molar-refractivity contribution is 5.43. The van der Waals surface area contributed by atoms with E-state index in [1.165, 1.54) is 6.33 Å². The van der Waals surface area contributed by atoms with Crippen molar-refractivity contribution in [1.82, 2.24) is 14.8 Å². The number of aryl methyl sites for hydroxylation is 1. The zero-order chi connectivity index (χ0) is 14.2. The standard InChI is InChI=1S/C15H19N3O2/c1-14(2,3)15(8-9-18-11-16-10-17-18)19-12-6-4-5-7-13(12)20-15/h4-7,10-11H,8-9H2,1-3H3. The van der Waals surface area contributed by atoms with Gasteiger partial charge in [0, 0.05) is 11.8 Å². The summed E-state index contributed by atoms with van der Waals surface area (Å²) in [5, 5.41) is 4.13. The molecule has 0 N–H and O–H groups in total. The lowest BCUT2D eigenvalue weighted by Gasteiger charge is -2.39. The van der Waals surface area contributed by atoms with E-state index in [0.717, 1.165) is 11.5 Å². The minimum Gasteiger partial charge on any atom is -0.448 e. The summed E-state index contributed by atoms with van der Waals surface area (Å²) in [5.74, 6) is 0.935. The summed E-state index contributed by atoms with van der Waals surface area (Å²) < 4.78 is 14.1. The van der Waals surface area contributed by atoms with Gasteiger partial charge in [-0.2, -0.15) is 5.10 Å². The van der Waals surface area contributed by atoms with Gasteiger partial charge in [-0.25, -0.2) is 4.98 Å². The maximum atomic E-state index is 6.17. The van der Waals surface area contributed by atoms with E-state index in [2.05, 4.69) is 30.9 Å². The average molecular weight is 273 g/mol. The van der Waals surface area contributed by atoms with Crippen molar-refractivity contribution in [2.75, 3.05) is 0 Å². The van der Waals surface area contributed by atoms with E-state index in [9.17, 15) is 0 Å². The normalized spacial score (nSPS) is 16.4. The average Bonchev–Trinajstić information content (AvgIpc) is 3.03. The first-order valence-corrected chi connectivity index (χ1v) is 6.80. The van der Waals surface area contributed by atoms with Gasteiger partial charge in [-0.15, -0.1) is 0 Å². The third-order valence-electron chi connectivity index (χ3n) is 3.68. The number of fused-ring (bicyclic) bond motifs is 1. The number of benzene rings is 1. The quantitative estimate of drug-likeness (QED) is 0.862. The van der Waals surface area contributed by atoms with Gasteiger partial charge in [0.25, 0.3) is 5.79 Å². The molecule has 20 heavy (non-hydrogen) atoms.